The fourth-order valence-corrected chi connectivity index (χ4v) is 1.98. The van der Waals surface area contributed by atoms with Gasteiger partial charge >= 0.3 is 0 Å². The van der Waals surface area contributed by atoms with Crippen molar-refractivity contribution in [2.45, 2.75) is 13.8 Å². The van der Waals surface area contributed by atoms with E-state index in [1.54, 1.807) is 4.68 Å². The van der Waals surface area contributed by atoms with Gasteiger partial charge in [0, 0.05) is 18.7 Å². The van der Waals surface area contributed by atoms with Crippen LogP contribution < -0.4 is 10.6 Å². The Bertz CT molecular complexity index is 597. The van der Waals surface area contributed by atoms with Crippen LogP contribution in [0.5, 0.6) is 0 Å². The van der Waals surface area contributed by atoms with E-state index >= 15 is 0 Å². The zero-order valence-electron chi connectivity index (χ0n) is 12.5. The highest BCUT2D eigenvalue weighted by molar-refractivity contribution is 5.94. The van der Waals surface area contributed by atoms with Crippen molar-refractivity contribution >= 4 is 24.0 Å². The minimum Gasteiger partial charge on any atom is -0.324 e. The van der Waals surface area contributed by atoms with E-state index in [4.69, 9.17) is 0 Å². The van der Waals surface area contributed by atoms with Crippen molar-refractivity contribution in [3.05, 3.63) is 42.2 Å². The SMILES string of the molecule is CNCC(C)C(=O)Nc1ccccc1-n1ccc(C)n1.Cl. The largest absolute Gasteiger partial charge is 0.324 e. The normalized spacial score (nSPS) is 11.6. The molecule has 21 heavy (non-hydrogen) atoms. The Hall–Kier alpha value is -1.85. The third kappa shape index (κ3) is 4.31. The zero-order valence-corrected chi connectivity index (χ0v) is 13.3. The second kappa shape index (κ2) is 7.81. The average molecular weight is 309 g/mol. The van der Waals surface area contributed by atoms with E-state index in [-0.39, 0.29) is 24.2 Å². The number of nitrogens with zero attached hydrogens (tertiary/aromatic N) is 2. The van der Waals surface area contributed by atoms with Crippen LogP contribution in [0.4, 0.5) is 5.69 Å². The second-order valence-corrected chi connectivity index (χ2v) is 4.87. The molecule has 2 N–H and O–H groups in total. The second-order valence-electron chi connectivity index (χ2n) is 4.87. The van der Waals surface area contributed by atoms with Crippen LogP contribution in [-0.2, 0) is 4.79 Å². The number of halogens is 1. The first-order chi connectivity index (χ1) is 9.61. The highest BCUT2D eigenvalue weighted by Gasteiger charge is 2.14. The van der Waals surface area contributed by atoms with Gasteiger partial charge in [-0.1, -0.05) is 19.1 Å². The summed E-state index contributed by atoms with van der Waals surface area (Å²) < 4.78 is 1.77. The molecule has 2 rings (SSSR count). The van der Waals surface area contributed by atoms with Gasteiger partial charge in [-0.2, -0.15) is 5.10 Å². The first kappa shape index (κ1) is 17.2. The average Bonchev–Trinajstić information content (AvgIpc) is 2.86. The number of hydrogen-bond acceptors (Lipinski definition) is 3. The molecule has 5 nitrogen and oxygen atoms in total. The van der Waals surface area contributed by atoms with Gasteiger partial charge in [-0.15, -0.1) is 12.4 Å². The van der Waals surface area contributed by atoms with Crippen molar-refractivity contribution in [3.63, 3.8) is 0 Å². The maximum atomic E-state index is 12.1. The molecule has 0 saturated heterocycles. The first-order valence-corrected chi connectivity index (χ1v) is 6.69. The predicted octanol–water partition coefficient (Wildman–Crippen LogP) is 2.40. The van der Waals surface area contributed by atoms with Crippen molar-refractivity contribution in [3.8, 4) is 5.69 Å². The predicted molar refractivity (Wildman–Crippen MR) is 87.3 cm³/mol. The van der Waals surface area contributed by atoms with E-state index in [1.165, 1.54) is 0 Å². The van der Waals surface area contributed by atoms with Gasteiger partial charge in [0.2, 0.25) is 5.91 Å². The third-order valence-electron chi connectivity index (χ3n) is 3.09. The summed E-state index contributed by atoms with van der Waals surface area (Å²) in [5.74, 6) is -0.0944. The summed E-state index contributed by atoms with van der Waals surface area (Å²) >= 11 is 0. The lowest BCUT2D eigenvalue weighted by Crippen LogP contribution is -2.29. The van der Waals surface area contributed by atoms with Crippen LogP contribution in [0, 0.1) is 12.8 Å². The Balaban J connectivity index is 0.00000220. The van der Waals surface area contributed by atoms with E-state index in [9.17, 15) is 4.79 Å². The van der Waals surface area contributed by atoms with E-state index in [2.05, 4.69) is 15.7 Å². The van der Waals surface area contributed by atoms with E-state index in [1.807, 2.05) is 57.4 Å². The van der Waals surface area contributed by atoms with E-state index in [0.29, 0.717) is 6.54 Å². The smallest absolute Gasteiger partial charge is 0.228 e. The van der Waals surface area contributed by atoms with Gasteiger partial charge < -0.3 is 10.6 Å². The van der Waals surface area contributed by atoms with Crippen LogP contribution in [0.15, 0.2) is 36.5 Å². The van der Waals surface area contributed by atoms with Gasteiger partial charge in [0.25, 0.3) is 0 Å². The number of amides is 1. The Labute approximate surface area is 131 Å². The molecule has 0 aliphatic heterocycles. The molecule has 114 valence electrons. The molecular weight excluding hydrogens is 288 g/mol. The Morgan fingerprint density at radius 3 is 2.67 bits per heavy atom. The number of nitrogens with one attached hydrogen (secondary N) is 2. The fraction of sp³-hybridized carbons (Fsp3) is 0.333. The molecule has 2 aromatic rings. The number of para-hydroxylation sites is 2. The van der Waals surface area contributed by atoms with Crippen LogP contribution >= 0.6 is 12.4 Å². The molecule has 1 unspecified atom stereocenters. The quantitative estimate of drug-likeness (QED) is 0.891. The summed E-state index contributed by atoms with van der Waals surface area (Å²) in [6, 6.07) is 9.58. The molecule has 0 radical (unpaired) electrons. The first-order valence-electron chi connectivity index (χ1n) is 6.69. The van der Waals surface area contributed by atoms with Crippen LogP contribution in [0.1, 0.15) is 12.6 Å². The zero-order chi connectivity index (χ0) is 14.5. The van der Waals surface area contributed by atoms with Gasteiger partial charge in [-0.3, -0.25) is 4.79 Å². The molecule has 1 amide bonds. The number of carbonyl (C=O) groups is 1. The summed E-state index contributed by atoms with van der Waals surface area (Å²) in [4.78, 5) is 12.1. The third-order valence-corrected chi connectivity index (χ3v) is 3.09. The van der Waals surface area contributed by atoms with Crippen molar-refractivity contribution in [2.24, 2.45) is 5.92 Å². The van der Waals surface area contributed by atoms with Gasteiger partial charge in [0.05, 0.1) is 17.1 Å². The Morgan fingerprint density at radius 1 is 1.33 bits per heavy atom. The van der Waals surface area contributed by atoms with Crippen LogP contribution in [-0.4, -0.2) is 29.3 Å². The van der Waals surface area contributed by atoms with Crippen molar-refractivity contribution in [1.29, 1.82) is 0 Å². The van der Waals surface area contributed by atoms with E-state index in [0.717, 1.165) is 17.1 Å². The summed E-state index contributed by atoms with van der Waals surface area (Å²) in [7, 11) is 1.84. The van der Waals surface area contributed by atoms with Gasteiger partial charge in [0.1, 0.15) is 0 Å². The fourth-order valence-electron chi connectivity index (χ4n) is 1.98. The van der Waals surface area contributed by atoms with Crippen molar-refractivity contribution in [2.75, 3.05) is 18.9 Å². The molecular formula is C15H21ClN4O. The number of rotatable bonds is 5. The molecule has 1 aromatic carbocycles. The van der Waals surface area contributed by atoms with Crippen molar-refractivity contribution < 1.29 is 4.79 Å². The summed E-state index contributed by atoms with van der Waals surface area (Å²) in [6.45, 7) is 4.48. The van der Waals surface area contributed by atoms with Crippen LogP contribution in [0.25, 0.3) is 5.69 Å². The lowest BCUT2D eigenvalue weighted by atomic mass is 10.1. The molecule has 1 atom stereocenters. The van der Waals surface area contributed by atoms with Gasteiger partial charge in [-0.25, -0.2) is 4.68 Å². The lowest BCUT2D eigenvalue weighted by molar-refractivity contribution is -0.119. The minimum atomic E-state index is -0.0904. The highest BCUT2D eigenvalue weighted by Crippen LogP contribution is 2.20. The molecule has 1 heterocycles. The Kier molecular flexibility index (Phi) is 6.39. The minimum absolute atomic E-state index is 0. The number of hydrogen-bond donors (Lipinski definition) is 2. The molecule has 1 aromatic heterocycles. The number of aryl methyl sites for hydroxylation is 1. The standard InChI is InChI=1S/C15H20N4O.ClH/c1-11(10-16-3)15(20)17-13-6-4-5-7-14(13)19-9-8-12(2)18-19;/h4-9,11,16H,10H2,1-3H3,(H,17,20);1H. The molecule has 0 saturated carbocycles. The topological polar surface area (TPSA) is 59.0 Å². The number of benzene rings is 1. The van der Waals surface area contributed by atoms with Crippen molar-refractivity contribution in [1.82, 2.24) is 15.1 Å². The molecule has 0 bridgehead atoms. The van der Waals surface area contributed by atoms with Crippen LogP contribution in [0.3, 0.4) is 0 Å². The molecule has 0 fully saturated rings. The van der Waals surface area contributed by atoms with Crippen LogP contribution in [0.2, 0.25) is 0 Å². The number of anilines is 1. The monoisotopic (exact) mass is 308 g/mol. The van der Waals surface area contributed by atoms with Gasteiger partial charge in [0.15, 0.2) is 0 Å². The maximum Gasteiger partial charge on any atom is 0.228 e. The number of carbonyl (C=O) groups excluding carboxylic acids is 1. The Morgan fingerprint density at radius 2 is 2.05 bits per heavy atom. The molecule has 0 spiro atoms. The van der Waals surface area contributed by atoms with E-state index < -0.39 is 0 Å². The maximum absolute atomic E-state index is 12.1. The molecule has 0 aliphatic carbocycles. The molecule has 6 heteroatoms. The summed E-state index contributed by atoms with van der Waals surface area (Å²) in [6.07, 6.45) is 1.89. The highest BCUT2D eigenvalue weighted by atomic mass is 35.5. The molecule has 0 aliphatic rings. The summed E-state index contributed by atoms with van der Waals surface area (Å²) in [5, 5.41) is 10.4. The summed E-state index contributed by atoms with van der Waals surface area (Å²) in [5.41, 5.74) is 2.57. The number of aromatic nitrogens is 2. The van der Waals surface area contributed by atoms with Gasteiger partial charge in [-0.05, 0) is 32.2 Å². The lowest BCUT2D eigenvalue weighted by Gasteiger charge is -2.14.